The van der Waals surface area contributed by atoms with Gasteiger partial charge in [0.05, 0.1) is 14.6 Å². The summed E-state index contributed by atoms with van der Waals surface area (Å²) in [5.74, 6) is 0. The van der Waals surface area contributed by atoms with Crippen molar-refractivity contribution in [3.8, 4) is 0 Å². The van der Waals surface area contributed by atoms with Crippen LogP contribution in [0.5, 0.6) is 0 Å². The fourth-order valence-corrected chi connectivity index (χ4v) is 1.52. The third kappa shape index (κ3) is 2.17. The fraction of sp³-hybridized carbons (Fsp3) is 0.167. The Balaban J connectivity index is 3.28. The molecular weight excluding hydrogens is 184 g/mol. The maximum atomic E-state index is 11.1. The van der Waals surface area contributed by atoms with Crippen molar-refractivity contribution >= 4 is 21.3 Å². The van der Waals surface area contributed by atoms with Crippen LogP contribution in [0.15, 0.2) is 23.2 Å². The summed E-state index contributed by atoms with van der Waals surface area (Å²) in [5.41, 5.74) is 0. The summed E-state index contributed by atoms with van der Waals surface area (Å²) < 4.78 is 18.3. The van der Waals surface area contributed by atoms with Crippen molar-refractivity contribution in [3.63, 3.8) is 0 Å². The van der Waals surface area contributed by atoms with Crippen molar-refractivity contribution in [2.75, 3.05) is 6.26 Å². The summed E-state index contributed by atoms with van der Waals surface area (Å²) >= 11 is 5.53. The minimum absolute atomic E-state index is 0.268. The summed E-state index contributed by atoms with van der Waals surface area (Å²) in [6.07, 6.45) is 2.79. The summed E-state index contributed by atoms with van der Waals surface area (Å²) in [4.78, 5) is 4.12. The first kappa shape index (κ1) is 8.49. The van der Waals surface area contributed by atoms with Crippen molar-refractivity contribution in [1.82, 2.24) is 4.98 Å². The highest BCUT2D eigenvalue weighted by Gasteiger charge is 2.02. The average molecular weight is 191 g/mol. The lowest BCUT2D eigenvalue weighted by Crippen LogP contribution is -1.94. The number of rotatable bonds is 1. The maximum absolute atomic E-state index is 11.1. The molecule has 1 heterocycles. The maximum Gasteiger partial charge on any atom is 0.130 e. The predicted octanol–water partition coefficient (Wildman–Crippen LogP) is 1.77. The summed E-state index contributed by atoms with van der Waals surface area (Å²) in [6, 6.07) is 2.97. The molecule has 1 unspecified atom stereocenters. The molecule has 1 aromatic rings. The Morgan fingerprint density at radius 3 is 2.73 bits per heavy atom. The first-order valence-electron chi connectivity index (χ1n) is 2.85. The van der Waals surface area contributed by atoms with Crippen molar-refractivity contribution in [3.05, 3.63) is 23.5 Å². The molecule has 3 nitrogen and oxygen atoms in total. The second-order valence-corrected chi connectivity index (χ2v) is 4.70. The smallest absolute Gasteiger partial charge is 0.130 e. The number of nitrogens with zero attached hydrogens (tertiary/aromatic N) is 1. The number of pyridine rings is 1. The largest absolute Gasteiger partial charge is 0.249 e. The fourth-order valence-electron chi connectivity index (χ4n) is 0.627. The quantitative estimate of drug-likeness (QED) is 0.687. The van der Waals surface area contributed by atoms with Gasteiger partial charge >= 0.3 is 0 Å². The van der Waals surface area contributed by atoms with Gasteiger partial charge in [-0.15, -0.1) is 0 Å². The lowest BCUT2D eigenvalue weighted by atomic mass is 10.5. The molecule has 0 fully saturated rings. The number of nitrogens with one attached hydrogen (secondary N) is 1. The molecule has 0 aliphatic rings. The van der Waals surface area contributed by atoms with Gasteiger partial charge in [0.1, 0.15) is 5.15 Å². The third-order valence-corrected chi connectivity index (χ3v) is 2.51. The first-order chi connectivity index (χ1) is 5.00. The molecule has 5 heteroatoms. The van der Waals surface area contributed by atoms with E-state index in [1.807, 2.05) is 0 Å². The Bertz CT molecular complexity index is 361. The van der Waals surface area contributed by atoms with Crippen LogP contribution < -0.4 is 0 Å². The third-order valence-electron chi connectivity index (χ3n) is 1.15. The zero-order chi connectivity index (χ0) is 8.48. The number of hydrogen-bond donors (Lipinski definition) is 1. The molecule has 11 heavy (non-hydrogen) atoms. The van der Waals surface area contributed by atoms with Gasteiger partial charge in [-0.2, -0.15) is 0 Å². The van der Waals surface area contributed by atoms with Gasteiger partial charge in [-0.05, 0) is 12.1 Å². The van der Waals surface area contributed by atoms with Crippen molar-refractivity contribution < 1.29 is 4.21 Å². The van der Waals surface area contributed by atoms with Crippen LogP contribution in [0.2, 0.25) is 5.15 Å². The van der Waals surface area contributed by atoms with Gasteiger partial charge in [-0.1, -0.05) is 11.6 Å². The van der Waals surface area contributed by atoms with E-state index in [0.717, 1.165) is 0 Å². The summed E-state index contributed by atoms with van der Waals surface area (Å²) in [5, 5.41) is 0.268. The van der Waals surface area contributed by atoms with Crippen LogP contribution in [-0.4, -0.2) is 15.4 Å². The normalized spacial score (nSPS) is 15.8. The van der Waals surface area contributed by atoms with Gasteiger partial charge in [0.25, 0.3) is 0 Å². The first-order valence-corrected chi connectivity index (χ1v) is 5.20. The summed E-state index contributed by atoms with van der Waals surface area (Å²) in [7, 11) is -2.65. The molecule has 1 aromatic heterocycles. The van der Waals surface area contributed by atoms with Gasteiger partial charge in [0.15, 0.2) is 0 Å². The number of hydrogen-bond acceptors (Lipinski definition) is 3. The second-order valence-electron chi connectivity index (χ2n) is 2.16. The monoisotopic (exact) mass is 190 g/mol. The molecule has 0 saturated carbocycles. The standard InChI is InChI=1S/C6H7ClN2OS/c1-11(8,10)5-2-3-9-6(7)4-5/h2-4,8H,1H3. The van der Waals surface area contributed by atoms with Crippen LogP contribution in [-0.2, 0) is 9.73 Å². The van der Waals surface area contributed by atoms with Crippen LogP contribution in [0, 0.1) is 4.78 Å². The van der Waals surface area contributed by atoms with Gasteiger partial charge < -0.3 is 0 Å². The SMILES string of the molecule is CS(=N)(=O)c1ccnc(Cl)c1. The second kappa shape index (κ2) is 2.79. The molecule has 1 rings (SSSR count). The Kier molecular flexibility index (Phi) is 2.15. The number of aromatic nitrogens is 1. The molecule has 1 N–H and O–H groups in total. The molecule has 60 valence electrons. The minimum Gasteiger partial charge on any atom is -0.249 e. The molecule has 1 atom stereocenters. The Hall–Kier alpha value is -0.610. The molecular formula is C6H7ClN2OS. The van der Waals surface area contributed by atoms with Crippen LogP contribution in [0.25, 0.3) is 0 Å². The van der Waals surface area contributed by atoms with Gasteiger partial charge in [-0.25, -0.2) is 14.0 Å². The van der Waals surface area contributed by atoms with Gasteiger partial charge in [-0.3, -0.25) is 0 Å². The molecule has 0 aliphatic carbocycles. The van der Waals surface area contributed by atoms with E-state index in [4.69, 9.17) is 16.4 Å². The van der Waals surface area contributed by atoms with Crippen molar-refractivity contribution in [2.45, 2.75) is 4.90 Å². The van der Waals surface area contributed by atoms with E-state index in [1.54, 1.807) is 0 Å². The number of halogens is 1. The molecule has 0 amide bonds. The van der Waals surface area contributed by atoms with E-state index >= 15 is 0 Å². The van der Waals surface area contributed by atoms with Crippen LogP contribution in [0.1, 0.15) is 0 Å². The highest BCUT2D eigenvalue weighted by atomic mass is 35.5. The van der Waals surface area contributed by atoms with E-state index < -0.39 is 9.73 Å². The predicted molar refractivity (Wildman–Crippen MR) is 44.3 cm³/mol. The Morgan fingerprint density at radius 1 is 1.73 bits per heavy atom. The highest BCUT2D eigenvalue weighted by molar-refractivity contribution is 7.91. The van der Waals surface area contributed by atoms with Crippen molar-refractivity contribution in [1.29, 1.82) is 4.78 Å². The van der Waals surface area contributed by atoms with Crippen LogP contribution >= 0.6 is 11.6 Å². The van der Waals surface area contributed by atoms with E-state index in [2.05, 4.69) is 4.98 Å². The molecule has 0 aromatic carbocycles. The van der Waals surface area contributed by atoms with E-state index in [-0.39, 0.29) is 5.15 Å². The van der Waals surface area contributed by atoms with Crippen molar-refractivity contribution in [2.24, 2.45) is 0 Å². The Morgan fingerprint density at radius 2 is 2.36 bits per heavy atom. The zero-order valence-electron chi connectivity index (χ0n) is 5.87. The molecule has 0 spiro atoms. The highest BCUT2D eigenvalue weighted by Crippen LogP contribution is 2.12. The lowest BCUT2D eigenvalue weighted by Gasteiger charge is -1.98. The molecule has 0 saturated heterocycles. The van der Waals surface area contributed by atoms with Gasteiger partial charge in [0, 0.05) is 12.5 Å². The topological polar surface area (TPSA) is 53.8 Å². The van der Waals surface area contributed by atoms with Crippen LogP contribution in [0.4, 0.5) is 0 Å². The Labute approximate surface area is 70.4 Å². The minimum atomic E-state index is -2.65. The van der Waals surface area contributed by atoms with Crippen LogP contribution in [0.3, 0.4) is 0 Å². The zero-order valence-corrected chi connectivity index (χ0v) is 7.45. The van der Waals surface area contributed by atoms with E-state index in [9.17, 15) is 4.21 Å². The molecule has 0 radical (unpaired) electrons. The van der Waals surface area contributed by atoms with E-state index in [0.29, 0.717) is 4.90 Å². The average Bonchev–Trinajstić information content (AvgIpc) is 1.86. The lowest BCUT2D eigenvalue weighted by molar-refractivity contribution is 0.679. The van der Waals surface area contributed by atoms with E-state index in [1.165, 1.54) is 24.6 Å². The molecule has 0 bridgehead atoms. The van der Waals surface area contributed by atoms with Gasteiger partial charge in [0.2, 0.25) is 0 Å². The summed E-state index contributed by atoms with van der Waals surface area (Å²) in [6.45, 7) is 0. The molecule has 0 aliphatic heterocycles.